The number of halogens is 3. The maximum atomic E-state index is 12.2. The number of rotatable bonds is 3. The number of aromatic hydroxyl groups is 1. The average molecular weight is 509 g/mol. The van der Waals surface area contributed by atoms with E-state index in [0.717, 1.165) is 15.7 Å². The van der Waals surface area contributed by atoms with E-state index >= 15 is 0 Å². The minimum absolute atomic E-state index is 0.0869. The van der Waals surface area contributed by atoms with E-state index in [1.165, 1.54) is 7.11 Å². The molecule has 2 unspecified atom stereocenters. The van der Waals surface area contributed by atoms with Gasteiger partial charge in [0.2, 0.25) is 5.91 Å². The van der Waals surface area contributed by atoms with Crippen LogP contribution in [0.5, 0.6) is 11.5 Å². The van der Waals surface area contributed by atoms with E-state index in [2.05, 4.69) is 15.9 Å². The molecule has 2 aromatic carbocycles. The smallest absolute Gasteiger partial charge is 0.248 e. The maximum absolute atomic E-state index is 12.2. The van der Waals surface area contributed by atoms with Gasteiger partial charge in [0, 0.05) is 10.2 Å². The Labute approximate surface area is 160 Å². The summed E-state index contributed by atoms with van der Waals surface area (Å²) >= 11 is 11.7. The summed E-state index contributed by atoms with van der Waals surface area (Å²) in [6, 6.07) is 10.7. The highest BCUT2D eigenvalue weighted by molar-refractivity contribution is 14.1. The van der Waals surface area contributed by atoms with Crippen LogP contribution in [0.1, 0.15) is 11.6 Å². The van der Waals surface area contributed by atoms with Gasteiger partial charge in [-0.3, -0.25) is 4.79 Å². The molecule has 1 saturated heterocycles. The summed E-state index contributed by atoms with van der Waals surface area (Å²) in [6.07, 6.45) is 0. The Bertz CT molecular complexity index is 769. The fraction of sp³-hybridized carbons (Fsp3) is 0.188. The maximum Gasteiger partial charge on any atom is 0.248 e. The number of benzene rings is 2. The highest BCUT2D eigenvalue weighted by Crippen LogP contribution is 2.45. The zero-order valence-corrected chi connectivity index (χ0v) is 16.5. The number of β-lactam (4-membered cyclic amide) rings is 1. The Balaban J connectivity index is 2.02. The molecule has 1 amide bonds. The standard InChI is InChI=1S/C16H12BrClINO3/c1-23-12-7-8(6-11(19)15(12)21)14-13(18)16(22)20(14)10-4-2-9(17)3-5-10/h2-7,13-14,21H,1H3. The van der Waals surface area contributed by atoms with E-state index in [9.17, 15) is 9.90 Å². The van der Waals surface area contributed by atoms with Crippen LogP contribution in [-0.2, 0) is 4.79 Å². The van der Waals surface area contributed by atoms with Gasteiger partial charge in [-0.25, -0.2) is 0 Å². The first-order valence-electron chi connectivity index (χ1n) is 6.73. The fourth-order valence-electron chi connectivity index (χ4n) is 2.58. The van der Waals surface area contributed by atoms with Crippen molar-refractivity contribution in [2.75, 3.05) is 12.0 Å². The van der Waals surface area contributed by atoms with Crippen molar-refractivity contribution in [3.8, 4) is 11.5 Å². The van der Waals surface area contributed by atoms with E-state index in [1.54, 1.807) is 11.0 Å². The summed E-state index contributed by atoms with van der Waals surface area (Å²) in [5.41, 5.74) is 1.61. The topological polar surface area (TPSA) is 49.8 Å². The summed E-state index contributed by atoms with van der Waals surface area (Å²) in [7, 11) is 1.49. The molecule has 1 heterocycles. The molecule has 4 nitrogen and oxygen atoms in total. The SMILES string of the molecule is COc1cc(C2C(Cl)C(=O)N2c2ccc(Br)cc2)cc(I)c1O. The van der Waals surface area contributed by atoms with Gasteiger partial charge in [-0.1, -0.05) is 15.9 Å². The molecule has 0 spiro atoms. The number of phenolic OH excluding ortho intramolecular Hbond substituents is 1. The third kappa shape index (κ3) is 2.92. The molecule has 2 aromatic rings. The molecular weight excluding hydrogens is 496 g/mol. The number of hydrogen-bond acceptors (Lipinski definition) is 3. The van der Waals surface area contributed by atoms with Gasteiger partial charge >= 0.3 is 0 Å². The minimum atomic E-state index is -0.635. The van der Waals surface area contributed by atoms with Crippen molar-refractivity contribution < 1.29 is 14.6 Å². The Kier molecular flexibility index (Phi) is 4.75. The molecule has 2 atom stereocenters. The van der Waals surface area contributed by atoms with Gasteiger partial charge in [-0.2, -0.15) is 0 Å². The van der Waals surface area contributed by atoms with Crippen LogP contribution in [0.4, 0.5) is 5.69 Å². The number of nitrogens with zero attached hydrogens (tertiary/aromatic N) is 1. The van der Waals surface area contributed by atoms with Gasteiger partial charge in [0.25, 0.3) is 0 Å². The Morgan fingerprint density at radius 1 is 1.30 bits per heavy atom. The lowest BCUT2D eigenvalue weighted by atomic mass is 9.92. The number of methoxy groups -OCH3 is 1. The van der Waals surface area contributed by atoms with Crippen LogP contribution >= 0.6 is 50.1 Å². The Morgan fingerprint density at radius 3 is 2.57 bits per heavy atom. The molecular formula is C16H12BrClINO3. The van der Waals surface area contributed by atoms with E-state index < -0.39 is 5.38 Å². The first-order valence-corrected chi connectivity index (χ1v) is 9.04. The van der Waals surface area contributed by atoms with Crippen molar-refractivity contribution in [3.05, 3.63) is 50.0 Å². The summed E-state index contributed by atoms with van der Waals surface area (Å²) < 4.78 is 6.78. The fourth-order valence-corrected chi connectivity index (χ4v) is 3.83. The van der Waals surface area contributed by atoms with Crippen molar-refractivity contribution in [2.45, 2.75) is 11.4 Å². The minimum Gasteiger partial charge on any atom is -0.504 e. The Hall–Kier alpha value is -0.990. The van der Waals surface area contributed by atoms with E-state index in [4.69, 9.17) is 16.3 Å². The molecule has 0 radical (unpaired) electrons. The third-order valence-corrected chi connectivity index (χ3v) is 5.52. The van der Waals surface area contributed by atoms with Gasteiger partial charge < -0.3 is 14.7 Å². The molecule has 0 aliphatic carbocycles. The number of hydrogen-bond donors (Lipinski definition) is 1. The summed E-state index contributed by atoms with van der Waals surface area (Å²) in [5.74, 6) is 0.315. The zero-order chi connectivity index (χ0) is 16.7. The predicted molar refractivity (Wildman–Crippen MR) is 101 cm³/mol. The molecule has 1 N–H and O–H groups in total. The second-order valence-electron chi connectivity index (χ2n) is 5.08. The predicted octanol–water partition coefficient (Wildman–Crippen LogP) is 4.46. The van der Waals surface area contributed by atoms with Gasteiger partial charge in [0.1, 0.15) is 5.38 Å². The lowest BCUT2D eigenvalue weighted by molar-refractivity contribution is -0.123. The second kappa shape index (κ2) is 6.49. The molecule has 1 aliphatic heterocycles. The van der Waals surface area contributed by atoms with Crippen molar-refractivity contribution >= 4 is 61.7 Å². The van der Waals surface area contributed by atoms with Crippen LogP contribution < -0.4 is 9.64 Å². The number of phenols is 1. The normalized spacial score (nSPS) is 20.3. The lowest BCUT2D eigenvalue weighted by Gasteiger charge is -2.44. The van der Waals surface area contributed by atoms with E-state index in [0.29, 0.717) is 9.32 Å². The van der Waals surface area contributed by atoms with E-state index in [-0.39, 0.29) is 17.7 Å². The number of anilines is 1. The number of amides is 1. The monoisotopic (exact) mass is 507 g/mol. The van der Waals surface area contributed by atoms with Crippen LogP contribution in [-0.4, -0.2) is 23.5 Å². The molecule has 0 saturated carbocycles. The highest BCUT2D eigenvalue weighted by Gasteiger charge is 2.48. The quantitative estimate of drug-likeness (QED) is 0.378. The van der Waals surface area contributed by atoms with Crippen molar-refractivity contribution in [2.24, 2.45) is 0 Å². The number of carbonyl (C=O) groups excluding carboxylic acids is 1. The van der Waals surface area contributed by atoms with E-state index in [1.807, 2.05) is 52.9 Å². The van der Waals surface area contributed by atoms with Crippen LogP contribution in [0.2, 0.25) is 0 Å². The third-order valence-electron chi connectivity index (χ3n) is 3.75. The van der Waals surface area contributed by atoms with Crippen molar-refractivity contribution in [1.29, 1.82) is 0 Å². The molecule has 3 rings (SSSR count). The van der Waals surface area contributed by atoms with Gasteiger partial charge in [-0.15, -0.1) is 11.6 Å². The Morgan fingerprint density at radius 2 is 1.96 bits per heavy atom. The van der Waals surface area contributed by atoms with Gasteiger partial charge in [0.05, 0.1) is 16.7 Å². The summed E-state index contributed by atoms with van der Waals surface area (Å²) in [4.78, 5) is 13.9. The van der Waals surface area contributed by atoms with Crippen LogP contribution in [0, 0.1) is 3.57 Å². The largest absolute Gasteiger partial charge is 0.504 e. The molecule has 1 fully saturated rings. The molecule has 0 aromatic heterocycles. The van der Waals surface area contributed by atoms with Crippen molar-refractivity contribution in [1.82, 2.24) is 0 Å². The molecule has 120 valence electrons. The molecule has 7 heteroatoms. The van der Waals surface area contributed by atoms with Crippen LogP contribution in [0.15, 0.2) is 40.9 Å². The average Bonchev–Trinajstić information content (AvgIpc) is 2.55. The number of ether oxygens (including phenoxy) is 1. The first-order chi connectivity index (χ1) is 10.9. The summed E-state index contributed by atoms with van der Waals surface area (Å²) in [6.45, 7) is 0. The first kappa shape index (κ1) is 16.9. The zero-order valence-electron chi connectivity index (χ0n) is 12.0. The van der Waals surface area contributed by atoms with Crippen molar-refractivity contribution in [3.63, 3.8) is 0 Å². The number of carbonyl (C=O) groups is 1. The highest BCUT2D eigenvalue weighted by atomic mass is 127. The van der Waals surface area contributed by atoms with Gasteiger partial charge in [0.15, 0.2) is 11.5 Å². The second-order valence-corrected chi connectivity index (χ2v) is 7.63. The van der Waals surface area contributed by atoms with Gasteiger partial charge in [-0.05, 0) is 64.6 Å². The molecule has 0 bridgehead atoms. The number of alkyl halides is 1. The van der Waals surface area contributed by atoms with Crippen LogP contribution in [0.3, 0.4) is 0 Å². The summed E-state index contributed by atoms with van der Waals surface area (Å²) in [5, 5.41) is 9.34. The molecule has 23 heavy (non-hydrogen) atoms. The molecule has 1 aliphatic rings. The lowest BCUT2D eigenvalue weighted by Crippen LogP contribution is -2.56. The van der Waals surface area contributed by atoms with Crippen LogP contribution in [0.25, 0.3) is 0 Å².